The van der Waals surface area contributed by atoms with Crippen LogP contribution in [0.25, 0.3) is 10.1 Å². The molecule has 200 valence electrons. The molecule has 7 heteroatoms. The van der Waals surface area contributed by atoms with Gasteiger partial charge in [-0.1, -0.05) is 44.2 Å². The number of nitrogens with two attached hydrogens (primary N) is 1. The van der Waals surface area contributed by atoms with Crippen LogP contribution in [0.2, 0.25) is 0 Å². The summed E-state index contributed by atoms with van der Waals surface area (Å²) in [6, 6.07) is 8.33. The highest BCUT2D eigenvalue weighted by atomic mass is 32.1. The Kier molecular flexibility index (Phi) is 10.1. The Labute approximate surface area is 220 Å². The molecule has 0 bridgehead atoms. The van der Waals surface area contributed by atoms with Gasteiger partial charge in [-0.05, 0) is 72.9 Å². The van der Waals surface area contributed by atoms with Gasteiger partial charge >= 0.3 is 6.03 Å². The number of aliphatic hydroxyl groups is 1. The first-order valence-electron chi connectivity index (χ1n) is 14.0. The van der Waals surface area contributed by atoms with Gasteiger partial charge in [0.1, 0.15) is 0 Å². The summed E-state index contributed by atoms with van der Waals surface area (Å²) in [6.07, 6.45) is 11.8. The molecule has 0 radical (unpaired) electrons. The van der Waals surface area contributed by atoms with Crippen molar-refractivity contribution < 1.29 is 14.6 Å². The van der Waals surface area contributed by atoms with Crippen LogP contribution < -0.4 is 11.1 Å². The smallest absolute Gasteiger partial charge is 0.317 e. The van der Waals surface area contributed by atoms with E-state index in [1.165, 1.54) is 36.8 Å². The second-order valence-corrected chi connectivity index (χ2v) is 11.9. The Hall–Kier alpha value is -1.67. The van der Waals surface area contributed by atoms with Crippen LogP contribution in [0.15, 0.2) is 29.6 Å². The van der Waals surface area contributed by atoms with Crippen molar-refractivity contribution in [3.8, 4) is 0 Å². The molecular weight excluding hydrogens is 470 g/mol. The average Bonchev–Trinajstić information content (AvgIpc) is 3.39. The number of hydrogen-bond donors (Lipinski definition) is 3. The third kappa shape index (κ3) is 6.80. The fourth-order valence-corrected chi connectivity index (χ4v) is 7.20. The molecule has 0 unspecified atom stereocenters. The van der Waals surface area contributed by atoms with Crippen LogP contribution in [0.4, 0.5) is 4.79 Å². The first-order chi connectivity index (χ1) is 17.5. The lowest BCUT2D eigenvalue weighted by molar-refractivity contribution is -0.0551. The summed E-state index contributed by atoms with van der Waals surface area (Å²) in [5.74, 6) is 0.693. The second-order valence-electron chi connectivity index (χ2n) is 11.0. The SMILES string of the molecule is COCCCC[C@@](O)(c1cccc2sccc12)[C@@H]1CCCN(C(=O)NC[C@@H](N)CC2CCCCC2)C1. The standard InChI is InChI=1S/C29H45N3O3S/c1-35-17-6-5-15-29(34,26-12-7-13-27-25(26)14-18-36-27)23-11-8-16-32(21-23)28(33)31-20-24(30)19-22-9-3-2-4-10-22/h7,12-14,18,22-24,34H,2-6,8-11,15-17,19-21,30H2,1H3,(H,31,33)/t23-,24+,29+/m1/s1. The van der Waals surface area contributed by atoms with Gasteiger partial charge in [0, 0.05) is 50.0 Å². The van der Waals surface area contributed by atoms with Crippen molar-refractivity contribution in [2.24, 2.45) is 17.6 Å². The van der Waals surface area contributed by atoms with Gasteiger partial charge in [-0.3, -0.25) is 0 Å². The molecule has 2 aromatic rings. The van der Waals surface area contributed by atoms with Gasteiger partial charge in [-0.15, -0.1) is 11.3 Å². The zero-order valence-corrected chi connectivity index (χ0v) is 22.7. The van der Waals surface area contributed by atoms with E-state index in [9.17, 15) is 9.90 Å². The number of rotatable bonds is 11. The number of nitrogens with one attached hydrogen (secondary N) is 1. The van der Waals surface area contributed by atoms with Gasteiger partial charge in [0.15, 0.2) is 0 Å². The number of amides is 2. The molecule has 2 fully saturated rings. The summed E-state index contributed by atoms with van der Waals surface area (Å²) in [6.45, 7) is 2.50. The Morgan fingerprint density at radius 1 is 1.22 bits per heavy atom. The predicted octanol–water partition coefficient (Wildman–Crippen LogP) is 5.62. The number of fused-ring (bicyclic) bond motifs is 1. The largest absolute Gasteiger partial charge is 0.385 e. The molecule has 4 rings (SSSR count). The topological polar surface area (TPSA) is 87.8 Å². The quantitative estimate of drug-likeness (QED) is 0.339. The maximum atomic E-state index is 13.1. The molecule has 2 heterocycles. The highest BCUT2D eigenvalue weighted by Crippen LogP contribution is 2.43. The van der Waals surface area contributed by atoms with Gasteiger partial charge in [0.25, 0.3) is 0 Å². The van der Waals surface area contributed by atoms with E-state index in [1.54, 1.807) is 18.4 Å². The number of unbranched alkanes of at least 4 members (excludes halogenated alkanes) is 1. The molecule has 4 N–H and O–H groups in total. The van der Waals surface area contributed by atoms with Crippen LogP contribution >= 0.6 is 11.3 Å². The van der Waals surface area contributed by atoms with Crippen LogP contribution in [0.5, 0.6) is 0 Å². The summed E-state index contributed by atoms with van der Waals surface area (Å²) in [5.41, 5.74) is 6.41. The van der Waals surface area contributed by atoms with Crippen LogP contribution in [0.3, 0.4) is 0 Å². The molecule has 36 heavy (non-hydrogen) atoms. The van der Waals surface area contributed by atoms with Gasteiger partial charge in [-0.2, -0.15) is 0 Å². The van der Waals surface area contributed by atoms with E-state index in [2.05, 4.69) is 35.0 Å². The molecule has 3 atom stereocenters. The summed E-state index contributed by atoms with van der Waals surface area (Å²) in [5, 5.41) is 18.6. The highest BCUT2D eigenvalue weighted by molar-refractivity contribution is 7.17. The second kappa shape index (κ2) is 13.2. The van der Waals surface area contributed by atoms with Gasteiger partial charge in [0.05, 0.1) is 5.60 Å². The summed E-state index contributed by atoms with van der Waals surface area (Å²) in [7, 11) is 1.72. The molecule has 1 aliphatic heterocycles. The van der Waals surface area contributed by atoms with E-state index in [0.717, 1.165) is 49.6 Å². The number of ether oxygens (including phenoxy) is 1. The molecule has 0 spiro atoms. The third-order valence-corrected chi connectivity index (χ3v) is 9.26. The molecule has 1 saturated heterocycles. The number of thiophene rings is 1. The van der Waals surface area contributed by atoms with E-state index < -0.39 is 5.60 Å². The number of carbonyl (C=O) groups is 1. The van der Waals surface area contributed by atoms with E-state index in [1.807, 2.05) is 4.90 Å². The van der Waals surface area contributed by atoms with Crippen molar-refractivity contribution in [2.75, 3.05) is 33.4 Å². The van der Waals surface area contributed by atoms with E-state index in [-0.39, 0.29) is 18.0 Å². The predicted molar refractivity (Wildman–Crippen MR) is 148 cm³/mol. The monoisotopic (exact) mass is 515 g/mol. The van der Waals surface area contributed by atoms with Crippen molar-refractivity contribution in [3.63, 3.8) is 0 Å². The molecular formula is C29H45N3O3S. The fourth-order valence-electron chi connectivity index (χ4n) is 6.39. The van der Waals surface area contributed by atoms with Gasteiger partial charge < -0.3 is 25.8 Å². The lowest BCUT2D eigenvalue weighted by Crippen LogP contribution is -2.52. The third-order valence-electron chi connectivity index (χ3n) is 8.38. The average molecular weight is 516 g/mol. The van der Waals surface area contributed by atoms with Crippen LogP contribution in [-0.2, 0) is 10.3 Å². The summed E-state index contributed by atoms with van der Waals surface area (Å²) < 4.78 is 6.45. The van der Waals surface area contributed by atoms with Crippen molar-refractivity contribution in [3.05, 3.63) is 35.2 Å². The number of hydrogen-bond acceptors (Lipinski definition) is 5. The zero-order valence-electron chi connectivity index (χ0n) is 21.9. The summed E-state index contributed by atoms with van der Waals surface area (Å²) in [4.78, 5) is 15.0. The zero-order chi connectivity index (χ0) is 25.4. The number of methoxy groups -OCH3 is 1. The molecule has 1 aromatic heterocycles. The highest BCUT2D eigenvalue weighted by Gasteiger charge is 2.42. The number of nitrogens with zero attached hydrogens (tertiary/aromatic N) is 1. The molecule has 1 aliphatic carbocycles. The Morgan fingerprint density at radius 2 is 2.06 bits per heavy atom. The van der Waals surface area contributed by atoms with Crippen LogP contribution in [0.1, 0.15) is 76.2 Å². The lowest BCUT2D eigenvalue weighted by Gasteiger charge is -2.43. The van der Waals surface area contributed by atoms with E-state index in [4.69, 9.17) is 10.5 Å². The summed E-state index contributed by atoms with van der Waals surface area (Å²) >= 11 is 1.71. The first-order valence-corrected chi connectivity index (χ1v) is 14.9. The molecule has 2 amide bonds. The number of piperidine rings is 1. The van der Waals surface area contributed by atoms with E-state index in [0.29, 0.717) is 32.0 Å². The maximum Gasteiger partial charge on any atom is 0.317 e. The maximum absolute atomic E-state index is 13.1. The van der Waals surface area contributed by atoms with E-state index >= 15 is 0 Å². The van der Waals surface area contributed by atoms with Crippen molar-refractivity contribution in [1.29, 1.82) is 0 Å². The Bertz CT molecular complexity index is 960. The minimum Gasteiger partial charge on any atom is -0.385 e. The number of urea groups is 1. The van der Waals surface area contributed by atoms with Gasteiger partial charge in [0.2, 0.25) is 0 Å². The fraction of sp³-hybridized carbons (Fsp3) is 0.690. The normalized spacial score (nSPS) is 21.9. The molecule has 1 aromatic carbocycles. The molecule has 2 aliphatic rings. The Morgan fingerprint density at radius 3 is 2.86 bits per heavy atom. The van der Waals surface area contributed by atoms with Gasteiger partial charge in [-0.25, -0.2) is 4.79 Å². The van der Waals surface area contributed by atoms with Crippen molar-refractivity contribution in [2.45, 2.75) is 82.3 Å². The number of carbonyl (C=O) groups excluding carboxylic acids is 1. The van der Waals surface area contributed by atoms with Crippen LogP contribution in [0, 0.1) is 11.8 Å². The van der Waals surface area contributed by atoms with Crippen molar-refractivity contribution >= 4 is 27.5 Å². The number of benzene rings is 1. The molecule has 6 nitrogen and oxygen atoms in total. The van der Waals surface area contributed by atoms with Crippen LogP contribution in [-0.4, -0.2) is 55.4 Å². The minimum atomic E-state index is -0.981. The first kappa shape index (κ1) is 27.4. The van der Waals surface area contributed by atoms with Crippen molar-refractivity contribution in [1.82, 2.24) is 10.2 Å². The Balaban J connectivity index is 1.41. The number of likely N-dealkylation sites (tertiary alicyclic amines) is 1. The molecule has 1 saturated carbocycles. The lowest BCUT2D eigenvalue weighted by atomic mass is 9.73. The minimum absolute atomic E-state index is 0.00606.